The molecule has 0 spiro atoms. The minimum atomic E-state index is 0.0152. The monoisotopic (exact) mass is 262 g/mol. The number of rotatable bonds is 8. The van der Waals surface area contributed by atoms with Gasteiger partial charge in [-0.05, 0) is 18.7 Å². The molecule has 104 valence electrons. The van der Waals surface area contributed by atoms with Gasteiger partial charge in [-0.2, -0.15) is 0 Å². The lowest BCUT2D eigenvalue weighted by atomic mass is 10.2. The Balaban J connectivity index is 2.76. The summed E-state index contributed by atoms with van der Waals surface area (Å²) in [6.45, 7) is 7.78. The van der Waals surface area contributed by atoms with Gasteiger partial charge in [0.1, 0.15) is 0 Å². The van der Waals surface area contributed by atoms with Gasteiger partial charge < -0.3 is 10.0 Å². The standard InChI is InChI=1S/C15H22N2O2/c1-3-10-17(14-8-6-5-7-9-14)15(19)13-16(4-2)11-12-18/h3,5-9,18H,1,4,10-13H2,2H3. The van der Waals surface area contributed by atoms with Crippen LogP contribution in [-0.4, -0.2) is 48.7 Å². The lowest BCUT2D eigenvalue weighted by molar-refractivity contribution is -0.119. The molecular formula is C15H22N2O2. The summed E-state index contributed by atoms with van der Waals surface area (Å²) in [5.41, 5.74) is 0.868. The molecule has 1 aromatic carbocycles. The zero-order valence-electron chi connectivity index (χ0n) is 11.5. The van der Waals surface area contributed by atoms with Crippen LogP contribution >= 0.6 is 0 Å². The van der Waals surface area contributed by atoms with E-state index in [0.717, 1.165) is 12.2 Å². The van der Waals surface area contributed by atoms with Crippen molar-refractivity contribution in [3.63, 3.8) is 0 Å². The predicted molar refractivity (Wildman–Crippen MR) is 78.2 cm³/mol. The molecule has 0 fully saturated rings. The Morgan fingerprint density at radius 3 is 2.58 bits per heavy atom. The number of para-hydroxylation sites is 1. The fraction of sp³-hybridized carbons (Fsp3) is 0.400. The molecule has 0 unspecified atom stereocenters. The number of amides is 1. The number of carbonyl (C=O) groups excluding carboxylic acids is 1. The SMILES string of the molecule is C=CCN(C(=O)CN(CC)CCO)c1ccccc1. The van der Waals surface area contributed by atoms with Gasteiger partial charge in [-0.1, -0.05) is 31.2 Å². The van der Waals surface area contributed by atoms with Crippen LogP contribution in [0.2, 0.25) is 0 Å². The first-order chi connectivity index (χ1) is 9.22. The fourth-order valence-corrected chi connectivity index (χ4v) is 1.86. The van der Waals surface area contributed by atoms with Crippen LogP contribution in [0, 0.1) is 0 Å². The lowest BCUT2D eigenvalue weighted by Gasteiger charge is -2.25. The lowest BCUT2D eigenvalue weighted by Crippen LogP contribution is -2.41. The van der Waals surface area contributed by atoms with Gasteiger partial charge in [0.05, 0.1) is 13.2 Å². The molecule has 0 saturated carbocycles. The van der Waals surface area contributed by atoms with Gasteiger partial charge in [0, 0.05) is 18.8 Å². The summed E-state index contributed by atoms with van der Waals surface area (Å²) in [6.07, 6.45) is 1.72. The van der Waals surface area contributed by atoms with Crippen molar-refractivity contribution in [2.75, 3.05) is 37.7 Å². The maximum Gasteiger partial charge on any atom is 0.241 e. The molecule has 1 aromatic rings. The Bertz CT molecular complexity index is 392. The number of carbonyl (C=O) groups is 1. The third-order valence-electron chi connectivity index (χ3n) is 2.90. The van der Waals surface area contributed by atoms with Crippen LogP contribution in [0.25, 0.3) is 0 Å². The summed E-state index contributed by atoms with van der Waals surface area (Å²) in [5, 5.41) is 8.96. The first-order valence-electron chi connectivity index (χ1n) is 6.52. The number of benzene rings is 1. The van der Waals surface area contributed by atoms with Gasteiger partial charge in [0.25, 0.3) is 0 Å². The van der Waals surface area contributed by atoms with Crippen LogP contribution in [0.3, 0.4) is 0 Å². The van der Waals surface area contributed by atoms with Crippen molar-refractivity contribution in [1.82, 2.24) is 4.90 Å². The van der Waals surface area contributed by atoms with Crippen LogP contribution in [0.15, 0.2) is 43.0 Å². The van der Waals surface area contributed by atoms with Gasteiger partial charge in [0.2, 0.25) is 5.91 Å². The van der Waals surface area contributed by atoms with Gasteiger partial charge >= 0.3 is 0 Å². The Kier molecular flexibility index (Phi) is 6.85. The molecule has 0 aliphatic rings. The summed E-state index contributed by atoms with van der Waals surface area (Å²) in [6, 6.07) is 9.55. The van der Waals surface area contributed by atoms with Gasteiger partial charge in [-0.3, -0.25) is 9.69 Å². The average molecular weight is 262 g/mol. The van der Waals surface area contributed by atoms with E-state index in [4.69, 9.17) is 5.11 Å². The number of aliphatic hydroxyl groups is 1. The van der Waals surface area contributed by atoms with Crippen molar-refractivity contribution in [3.8, 4) is 0 Å². The van der Waals surface area contributed by atoms with Crippen molar-refractivity contribution in [2.24, 2.45) is 0 Å². The van der Waals surface area contributed by atoms with E-state index in [2.05, 4.69) is 6.58 Å². The second-order valence-corrected chi connectivity index (χ2v) is 4.22. The third kappa shape index (κ3) is 4.85. The highest BCUT2D eigenvalue weighted by atomic mass is 16.3. The van der Waals surface area contributed by atoms with E-state index in [1.807, 2.05) is 42.2 Å². The quantitative estimate of drug-likeness (QED) is 0.722. The summed E-state index contributed by atoms with van der Waals surface area (Å²) in [4.78, 5) is 16.0. The van der Waals surface area contributed by atoms with Crippen LogP contribution < -0.4 is 4.90 Å². The van der Waals surface area contributed by atoms with Gasteiger partial charge in [-0.15, -0.1) is 6.58 Å². The maximum atomic E-state index is 12.3. The molecule has 1 amide bonds. The van der Waals surface area contributed by atoms with E-state index in [9.17, 15) is 4.79 Å². The normalized spacial score (nSPS) is 10.5. The van der Waals surface area contributed by atoms with Gasteiger partial charge in [-0.25, -0.2) is 0 Å². The van der Waals surface area contributed by atoms with Crippen molar-refractivity contribution in [2.45, 2.75) is 6.92 Å². The molecule has 4 nitrogen and oxygen atoms in total. The molecule has 4 heteroatoms. The number of likely N-dealkylation sites (N-methyl/N-ethyl adjacent to an activating group) is 1. The molecule has 0 heterocycles. The molecule has 0 aliphatic heterocycles. The Hall–Kier alpha value is -1.65. The molecule has 0 bridgehead atoms. The van der Waals surface area contributed by atoms with E-state index < -0.39 is 0 Å². The van der Waals surface area contributed by atoms with E-state index in [1.165, 1.54) is 0 Å². The van der Waals surface area contributed by atoms with Crippen LogP contribution in [0.5, 0.6) is 0 Å². The molecule has 19 heavy (non-hydrogen) atoms. The minimum absolute atomic E-state index is 0.0152. The summed E-state index contributed by atoms with van der Waals surface area (Å²) in [5.74, 6) is 0.0152. The van der Waals surface area contributed by atoms with E-state index in [-0.39, 0.29) is 12.5 Å². The van der Waals surface area contributed by atoms with Crippen molar-refractivity contribution >= 4 is 11.6 Å². The molecule has 1 N–H and O–H groups in total. The van der Waals surface area contributed by atoms with Crippen LogP contribution in [-0.2, 0) is 4.79 Å². The van der Waals surface area contributed by atoms with E-state index in [0.29, 0.717) is 19.6 Å². The number of anilines is 1. The fourth-order valence-electron chi connectivity index (χ4n) is 1.86. The summed E-state index contributed by atoms with van der Waals surface area (Å²) < 4.78 is 0. The van der Waals surface area contributed by atoms with Crippen molar-refractivity contribution in [1.29, 1.82) is 0 Å². The van der Waals surface area contributed by atoms with Gasteiger partial charge in [0.15, 0.2) is 0 Å². The highest BCUT2D eigenvalue weighted by molar-refractivity contribution is 5.95. The third-order valence-corrected chi connectivity index (χ3v) is 2.90. The maximum absolute atomic E-state index is 12.3. The molecule has 0 atom stereocenters. The molecule has 1 rings (SSSR count). The first kappa shape index (κ1) is 15.4. The number of hydrogen-bond acceptors (Lipinski definition) is 3. The highest BCUT2D eigenvalue weighted by Gasteiger charge is 2.16. The van der Waals surface area contributed by atoms with E-state index >= 15 is 0 Å². The predicted octanol–water partition coefficient (Wildman–Crippen LogP) is 1.52. The molecular weight excluding hydrogens is 240 g/mol. The Morgan fingerprint density at radius 1 is 1.37 bits per heavy atom. The molecule has 0 radical (unpaired) electrons. The zero-order chi connectivity index (χ0) is 14.1. The van der Waals surface area contributed by atoms with Crippen LogP contribution in [0.1, 0.15) is 6.92 Å². The summed E-state index contributed by atoms with van der Waals surface area (Å²) >= 11 is 0. The van der Waals surface area contributed by atoms with Crippen molar-refractivity contribution in [3.05, 3.63) is 43.0 Å². The number of aliphatic hydroxyl groups excluding tert-OH is 1. The number of hydrogen-bond donors (Lipinski definition) is 1. The zero-order valence-corrected chi connectivity index (χ0v) is 11.5. The first-order valence-corrected chi connectivity index (χ1v) is 6.52. The topological polar surface area (TPSA) is 43.8 Å². The largest absolute Gasteiger partial charge is 0.395 e. The second-order valence-electron chi connectivity index (χ2n) is 4.22. The van der Waals surface area contributed by atoms with Crippen molar-refractivity contribution < 1.29 is 9.90 Å². The smallest absolute Gasteiger partial charge is 0.241 e. The van der Waals surface area contributed by atoms with E-state index in [1.54, 1.807) is 11.0 Å². The second kappa shape index (κ2) is 8.45. The Labute approximate surface area is 115 Å². The Morgan fingerprint density at radius 2 is 2.05 bits per heavy atom. The minimum Gasteiger partial charge on any atom is -0.395 e. The number of nitrogens with zero attached hydrogens (tertiary/aromatic N) is 2. The molecule has 0 aliphatic carbocycles. The van der Waals surface area contributed by atoms with Crippen LogP contribution in [0.4, 0.5) is 5.69 Å². The summed E-state index contributed by atoms with van der Waals surface area (Å²) in [7, 11) is 0. The molecule has 0 aromatic heterocycles. The molecule has 0 saturated heterocycles. The highest BCUT2D eigenvalue weighted by Crippen LogP contribution is 2.13. The average Bonchev–Trinajstić information content (AvgIpc) is 2.45.